The molecule has 0 fully saturated rings. The number of anilines is 1. The van der Waals surface area contributed by atoms with Gasteiger partial charge in [0.25, 0.3) is 0 Å². The molecule has 49 heavy (non-hydrogen) atoms. The fourth-order valence-electron chi connectivity index (χ4n) is 4.38. The van der Waals surface area contributed by atoms with Crippen LogP contribution in [0.5, 0.6) is 0 Å². The van der Waals surface area contributed by atoms with Gasteiger partial charge in [-0.25, -0.2) is 4.85 Å². The normalized spacial score (nSPS) is 10.9. The summed E-state index contributed by atoms with van der Waals surface area (Å²) in [5, 5.41) is 27.0. The third-order valence-electron chi connectivity index (χ3n) is 6.98. The zero-order valence-corrected chi connectivity index (χ0v) is 28.6. The second-order valence-electron chi connectivity index (χ2n) is 10.6. The molecule has 2 aromatic carbocycles. The number of carbonyl (C=O) groups is 2. The summed E-state index contributed by atoms with van der Waals surface area (Å²) in [6.07, 6.45) is -0.407. The molecule has 3 aromatic rings. The molecule has 0 spiro atoms. The molecular formula is C35H41N5O8S. The van der Waals surface area contributed by atoms with Crippen LogP contribution >= 0.6 is 11.3 Å². The summed E-state index contributed by atoms with van der Waals surface area (Å²) >= 11 is 1.17. The average Bonchev–Trinajstić information content (AvgIpc) is 3.42. The second-order valence-corrected chi connectivity index (χ2v) is 11.6. The Labute approximate surface area is 290 Å². The first-order valence-electron chi connectivity index (χ1n) is 15.7. The lowest BCUT2D eigenvalue weighted by atomic mass is 10.1. The Morgan fingerprint density at radius 1 is 0.898 bits per heavy atom. The van der Waals surface area contributed by atoms with Crippen molar-refractivity contribution in [2.45, 2.75) is 33.2 Å². The predicted octanol–water partition coefficient (Wildman–Crippen LogP) is 6.68. The van der Waals surface area contributed by atoms with E-state index in [1.54, 1.807) is 6.92 Å². The van der Waals surface area contributed by atoms with Gasteiger partial charge in [-0.05, 0) is 48.7 Å². The Hall–Kier alpha value is -4.70. The molecule has 14 heteroatoms. The lowest BCUT2D eigenvalue weighted by Crippen LogP contribution is -2.27. The number of carboxylic acids is 1. The highest BCUT2D eigenvalue weighted by Gasteiger charge is 2.15. The van der Waals surface area contributed by atoms with Crippen molar-refractivity contribution in [3.05, 3.63) is 81.5 Å². The number of azo groups is 1. The highest BCUT2D eigenvalue weighted by atomic mass is 32.1. The zero-order chi connectivity index (χ0) is 35.3. The van der Waals surface area contributed by atoms with Crippen molar-refractivity contribution in [1.29, 1.82) is 5.26 Å². The summed E-state index contributed by atoms with van der Waals surface area (Å²) < 4.78 is 27.1. The van der Waals surface area contributed by atoms with Crippen LogP contribution in [0.25, 0.3) is 4.85 Å². The number of aliphatic carboxylic acids is 1. The highest BCUT2D eigenvalue weighted by Crippen LogP contribution is 2.42. The van der Waals surface area contributed by atoms with Gasteiger partial charge in [-0.2, -0.15) is 15.5 Å². The monoisotopic (exact) mass is 691 g/mol. The Morgan fingerprint density at radius 3 is 2.12 bits per heavy atom. The third kappa shape index (κ3) is 14.1. The fourth-order valence-corrected chi connectivity index (χ4v) is 5.24. The van der Waals surface area contributed by atoms with Crippen LogP contribution in [0.15, 0.2) is 58.8 Å². The third-order valence-corrected chi connectivity index (χ3v) is 8.05. The van der Waals surface area contributed by atoms with E-state index in [9.17, 15) is 14.9 Å². The van der Waals surface area contributed by atoms with Crippen LogP contribution in [0.2, 0.25) is 0 Å². The summed E-state index contributed by atoms with van der Waals surface area (Å²) in [5.74, 6) is -1.60. The van der Waals surface area contributed by atoms with Crippen molar-refractivity contribution in [3.8, 4) is 6.07 Å². The maximum absolute atomic E-state index is 11.3. The summed E-state index contributed by atoms with van der Waals surface area (Å²) in [5.41, 5.74) is 4.79. The SMILES string of the molecule is [C-]#[N+]c1c(N=Nc2ccc(N(CCOCCOCCOCCOCCOC(=O)CCC(=O)O)Cc3ccccc3)cc2C)sc(C#N)c1C. The second kappa shape index (κ2) is 22.0. The van der Waals surface area contributed by atoms with Crippen molar-refractivity contribution >= 4 is 45.3 Å². The predicted molar refractivity (Wildman–Crippen MR) is 184 cm³/mol. The molecule has 3 rings (SSSR count). The number of carboxylic acid groups (broad SMARTS) is 1. The van der Waals surface area contributed by atoms with Gasteiger partial charge in [-0.1, -0.05) is 30.3 Å². The van der Waals surface area contributed by atoms with E-state index in [1.807, 2.05) is 37.3 Å². The molecule has 1 N–H and O–H groups in total. The number of nitrogens with zero attached hydrogens (tertiary/aromatic N) is 5. The van der Waals surface area contributed by atoms with Crippen LogP contribution in [-0.2, 0) is 39.8 Å². The number of hydrogen-bond donors (Lipinski definition) is 1. The minimum Gasteiger partial charge on any atom is -0.481 e. The largest absolute Gasteiger partial charge is 0.481 e. The molecule has 0 unspecified atom stereocenters. The molecule has 0 amide bonds. The van der Waals surface area contributed by atoms with E-state index in [1.165, 1.54) is 16.9 Å². The lowest BCUT2D eigenvalue weighted by Gasteiger charge is -2.25. The minimum absolute atomic E-state index is 0.0685. The summed E-state index contributed by atoms with van der Waals surface area (Å²) in [7, 11) is 0. The van der Waals surface area contributed by atoms with E-state index in [-0.39, 0.29) is 26.1 Å². The van der Waals surface area contributed by atoms with Crippen molar-refractivity contribution < 1.29 is 38.4 Å². The van der Waals surface area contributed by atoms with E-state index < -0.39 is 11.9 Å². The van der Waals surface area contributed by atoms with E-state index in [2.05, 4.69) is 44.2 Å². The van der Waals surface area contributed by atoms with E-state index in [4.69, 9.17) is 35.4 Å². The number of carbonyl (C=O) groups excluding carboxylic acids is 1. The number of benzene rings is 2. The summed E-state index contributed by atoms with van der Waals surface area (Å²) in [6.45, 7) is 15.7. The van der Waals surface area contributed by atoms with Crippen LogP contribution in [0.4, 0.5) is 22.1 Å². The Kier molecular flexibility index (Phi) is 17.4. The van der Waals surface area contributed by atoms with Crippen molar-refractivity contribution in [2.24, 2.45) is 10.2 Å². The van der Waals surface area contributed by atoms with Crippen LogP contribution in [-0.4, -0.2) is 83.1 Å². The first-order chi connectivity index (χ1) is 23.8. The molecule has 0 radical (unpaired) electrons. The van der Waals surface area contributed by atoms with Gasteiger partial charge in [0.15, 0.2) is 0 Å². The fraction of sp³-hybridized carbons (Fsp3) is 0.429. The number of nitriles is 1. The quantitative estimate of drug-likeness (QED) is 0.0492. The van der Waals surface area contributed by atoms with E-state index >= 15 is 0 Å². The first-order valence-corrected chi connectivity index (χ1v) is 16.5. The van der Waals surface area contributed by atoms with Crippen molar-refractivity contribution in [2.75, 3.05) is 70.9 Å². The Morgan fingerprint density at radius 2 is 1.53 bits per heavy atom. The maximum atomic E-state index is 11.3. The smallest absolute Gasteiger partial charge is 0.306 e. The van der Waals surface area contributed by atoms with Gasteiger partial charge in [-0.3, -0.25) is 9.59 Å². The Bertz CT molecular complexity index is 1600. The molecule has 1 aromatic heterocycles. The number of thiophene rings is 1. The maximum Gasteiger partial charge on any atom is 0.306 e. The first kappa shape index (κ1) is 38.7. The van der Waals surface area contributed by atoms with Crippen LogP contribution < -0.4 is 4.90 Å². The van der Waals surface area contributed by atoms with Gasteiger partial charge < -0.3 is 33.7 Å². The molecule has 1 heterocycles. The van der Waals surface area contributed by atoms with Crippen molar-refractivity contribution in [3.63, 3.8) is 0 Å². The van der Waals surface area contributed by atoms with Gasteiger partial charge >= 0.3 is 11.9 Å². The average molecular weight is 692 g/mol. The molecule has 0 saturated carbocycles. The zero-order valence-electron chi connectivity index (χ0n) is 27.8. The van der Waals surface area contributed by atoms with Gasteiger partial charge in [0.05, 0.1) is 82.8 Å². The molecule has 13 nitrogen and oxygen atoms in total. The van der Waals surface area contributed by atoms with E-state index in [0.29, 0.717) is 86.2 Å². The number of hydrogen-bond acceptors (Lipinski definition) is 12. The molecule has 0 aliphatic carbocycles. The van der Waals surface area contributed by atoms with Gasteiger partial charge in [0.1, 0.15) is 17.7 Å². The van der Waals surface area contributed by atoms with Gasteiger partial charge in [0.2, 0.25) is 5.69 Å². The van der Waals surface area contributed by atoms with Gasteiger partial charge in [0, 0.05) is 18.8 Å². The topological polar surface area (TPSA) is 157 Å². The highest BCUT2D eigenvalue weighted by molar-refractivity contribution is 7.17. The number of esters is 1. The molecule has 0 bridgehead atoms. The van der Waals surface area contributed by atoms with Crippen LogP contribution in [0, 0.1) is 31.8 Å². The van der Waals surface area contributed by atoms with Crippen LogP contribution in [0.1, 0.15) is 34.4 Å². The Balaban J connectivity index is 1.37. The van der Waals surface area contributed by atoms with Gasteiger partial charge in [-0.15, -0.1) is 11.3 Å². The molecule has 260 valence electrons. The molecule has 0 saturated heterocycles. The molecule has 0 atom stereocenters. The molecular weight excluding hydrogens is 650 g/mol. The number of aryl methyl sites for hydroxylation is 1. The summed E-state index contributed by atoms with van der Waals surface area (Å²) in [4.78, 5) is 28.0. The number of rotatable bonds is 23. The van der Waals surface area contributed by atoms with E-state index in [0.717, 1.165) is 11.3 Å². The van der Waals surface area contributed by atoms with Crippen molar-refractivity contribution in [1.82, 2.24) is 0 Å². The molecule has 0 aliphatic heterocycles. The molecule has 0 aliphatic rings. The van der Waals surface area contributed by atoms with Crippen LogP contribution in [0.3, 0.4) is 0 Å². The lowest BCUT2D eigenvalue weighted by molar-refractivity contribution is -0.149. The standard InChI is InChI=1S/C35H41N5O8S/c1-26-23-29(9-10-30(26)38-39-35-34(37-3)27(2)31(24-36)49-35)40(25-28-7-5-4-6-8-28)13-14-44-15-16-45-17-18-46-19-20-47-21-22-48-33(43)12-11-32(41)42/h4-10,23H,11-22,25H2,1-2H3,(H,41,42). The number of ether oxygens (including phenoxy) is 5. The minimum atomic E-state index is -1.04. The summed E-state index contributed by atoms with van der Waals surface area (Å²) in [6, 6.07) is 18.3.